The molecule has 1 saturated heterocycles. The lowest BCUT2D eigenvalue weighted by molar-refractivity contribution is 0.0940. The number of piperazine rings is 1. The van der Waals surface area contributed by atoms with Gasteiger partial charge in [0.15, 0.2) is 0 Å². The summed E-state index contributed by atoms with van der Waals surface area (Å²) in [6, 6.07) is 10.3. The van der Waals surface area contributed by atoms with Gasteiger partial charge in [-0.25, -0.2) is 14.8 Å². The Kier molecular flexibility index (Phi) is 5.83. The van der Waals surface area contributed by atoms with Crippen molar-refractivity contribution in [3.05, 3.63) is 53.0 Å². The molecule has 158 valence electrons. The number of nitrogens with zero attached hydrogens (tertiary/aromatic N) is 5. The molecule has 1 aromatic heterocycles. The third-order valence-electron chi connectivity index (χ3n) is 5.62. The molecule has 0 spiro atoms. The van der Waals surface area contributed by atoms with E-state index in [1.54, 1.807) is 19.0 Å². The fraction of sp³-hybridized carbons (Fsp3) is 0.455. The zero-order chi connectivity index (χ0) is 21.1. The normalized spacial score (nSPS) is 16.1. The van der Waals surface area contributed by atoms with E-state index in [9.17, 15) is 9.59 Å². The van der Waals surface area contributed by atoms with Crippen molar-refractivity contribution in [2.75, 3.05) is 51.7 Å². The van der Waals surface area contributed by atoms with Crippen molar-refractivity contribution in [3.8, 4) is 0 Å². The molecule has 2 aromatic rings. The van der Waals surface area contributed by atoms with Crippen molar-refractivity contribution in [3.63, 3.8) is 0 Å². The first kappa shape index (κ1) is 20.1. The highest BCUT2D eigenvalue weighted by Crippen LogP contribution is 2.25. The van der Waals surface area contributed by atoms with Crippen LogP contribution in [0.3, 0.4) is 0 Å². The van der Waals surface area contributed by atoms with Crippen molar-refractivity contribution < 1.29 is 9.59 Å². The lowest BCUT2D eigenvalue weighted by atomic mass is 10.0. The smallest absolute Gasteiger partial charge is 0.319 e. The minimum absolute atomic E-state index is 0.0299. The maximum Gasteiger partial charge on any atom is 0.319 e. The van der Waals surface area contributed by atoms with Gasteiger partial charge >= 0.3 is 6.03 Å². The summed E-state index contributed by atoms with van der Waals surface area (Å²) in [7, 11) is 3.54. The van der Waals surface area contributed by atoms with Gasteiger partial charge in [-0.05, 0) is 18.4 Å². The largest absolute Gasteiger partial charge is 0.353 e. The van der Waals surface area contributed by atoms with E-state index >= 15 is 0 Å². The first-order valence-corrected chi connectivity index (χ1v) is 10.5. The van der Waals surface area contributed by atoms with Gasteiger partial charge in [-0.2, -0.15) is 0 Å². The topological polar surface area (TPSA) is 81.7 Å². The van der Waals surface area contributed by atoms with Crippen LogP contribution in [0, 0.1) is 0 Å². The van der Waals surface area contributed by atoms with Crippen LogP contribution in [-0.2, 0) is 19.3 Å². The van der Waals surface area contributed by atoms with E-state index in [0.717, 1.165) is 24.2 Å². The molecular formula is C22H28N6O2. The molecule has 4 rings (SSSR count). The molecule has 1 fully saturated rings. The highest BCUT2D eigenvalue weighted by Gasteiger charge is 2.29. The van der Waals surface area contributed by atoms with E-state index in [-0.39, 0.29) is 11.9 Å². The molecular weight excluding hydrogens is 380 g/mol. The Labute approximate surface area is 176 Å². The van der Waals surface area contributed by atoms with Crippen LogP contribution in [0.5, 0.6) is 0 Å². The van der Waals surface area contributed by atoms with E-state index in [0.29, 0.717) is 50.7 Å². The highest BCUT2D eigenvalue weighted by atomic mass is 16.2. The number of anilines is 1. The summed E-state index contributed by atoms with van der Waals surface area (Å²) in [5.41, 5.74) is 2.65. The Bertz CT molecular complexity index is 923. The monoisotopic (exact) mass is 408 g/mol. The summed E-state index contributed by atoms with van der Waals surface area (Å²) in [6.07, 6.45) is 2.23. The van der Waals surface area contributed by atoms with E-state index < -0.39 is 0 Å². The van der Waals surface area contributed by atoms with Crippen molar-refractivity contribution in [2.45, 2.75) is 19.3 Å². The van der Waals surface area contributed by atoms with Gasteiger partial charge in [0, 0.05) is 58.8 Å². The Balaban J connectivity index is 1.56. The summed E-state index contributed by atoms with van der Waals surface area (Å²) in [5, 5.41) is 2.90. The molecule has 0 bridgehead atoms. The number of aryl methyl sites for hydroxylation is 2. The average molecular weight is 409 g/mol. The zero-order valence-electron chi connectivity index (χ0n) is 17.6. The fourth-order valence-electron chi connectivity index (χ4n) is 3.99. The molecule has 2 aliphatic rings. The van der Waals surface area contributed by atoms with Gasteiger partial charge in [0.25, 0.3) is 5.91 Å². The van der Waals surface area contributed by atoms with E-state index in [1.165, 1.54) is 5.56 Å². The lowest BCUT2D eigenvalue weighted by Gasteiger charge is -2.37. The highest BCUT2D eigenvalue weighted by molar-refractivity contribution is 5.96. The molecule has 0 radical (unpaired) electrons. The molecule has 0 unspecified atom stereocenters. The van der Waals surface area contributed by atoms with E-state index in [4.69, 9.17) is 4.98 Å². The van der Waals surface area contributed by atoms with Crippen LogP contribution in [0.1, 0.15) is 27.4 Å². The van der Waals surface area contributed by atoms with Gasteiger partial charge in [-0.1, -0.05) is 30.3 Å². The number of nitrogens with one attached hydrogen (secondary N) is 1. The summed E-state index contributed by atoms with van der Waals surface area (Å²) in [4.78, 5) is 39.9. The second-order valence-electron chi connectivity index (χ2n) is 7.93. The molecule has 8 nitrogen and oxygen atoms in total. The summed E-state index contributed by atoms with van der Waals surface area (Å²) < 4.78 is 0. The minimum atomic E-state index is -0.123. The number of benzene rings is 1. The third-order valence-corrected chi connectivity index (χ3v) is 5.62. The van der Waals surface area contributed by atoms with Crippen LogP contribution in [-0.4, -0.2) is 78.5 Å². The standard InChI is InChI=1S/C22H28N6O2/c1-26(2)22(30)28-14-12-27(13-15-28)20-17-10-11-23-21(29)19(17)24-18(25-20)9-8-16-6-4-3-5-7-16/h3-7H,8-15H2,1-2H3,(H,23,29). The summed E-state index contributed by atoms with van der Waals surface area (Å²) in [6.45, 7) is 3.28. The minimum Gasteiger partial charge on any atom is -0.353 e. The van der Waals surface area contributed by atoms with Crippen molar-refractivity contribution in [2.24, 2.45) is 0 Å². The molecule has 0 atom stereocenters. The average Bonchev–Trinajstić information content (AvgIpc) is 2.78. The first-order chi connectivity index (χ1) is 14.5. The first-order valence-electron chi connectivity index (χ1n) is 10.5. The number of aromatic nitrogens is 2. The van der Waals surface area contributed by atoms with Crippen LogP contribution >= 0.6 is 0 Å². The fourth-order valence-corrected chi connectivity index (χ4v) is 3.99. The molecule has 30 heavy (non-hydrogen) atoms. The van der Waals surface area contributed by atoms with Crippen LogP contribution in [0.15, 0.2) is 30.3 Å². The number of hydrogen-bond acceptors (Lipinski definition) is 5. The Hall–Kier alpha value is -3.16. The van der Waals surface area contributed by atoms with Crippen LogP contribution in [0.4, 0.5) is 10.6 Å². The third kappa shape index (κ3) is 4.22. The zero-order valence-corrected chi connectivity index (χ0v) is 17.6. The molecule has 8 heteroatoms. The number of fused-ring (bicyclic) bond motifs is 1. The number of urea groups is 1. The number of rotatable bonds is 4. The van der Waals surface area contributed by atoms with Crippen LogP contribution in [0.25, 0.3) is 0 Å². The van der Waals surface area contributed by atoms with Crippen molar-refractivity contribution >= 4 is 17.8 Å². The Morgan fingerprint density at radius 2 is 1.80 bits per heavy atom. The molecule has 3 heterocycles. The predicted molar refractivity (Wildman–Crippen MR) is 115 cm³/mol. The van der Waals surface area contributed by atoms with Gasteiger partial charge in [0.2, 0.25) is 0 Å². The number of amides is 3. The van der Waals surface area contributed by atoms with Crippen molar-refractivity contribution in [1.29, 1.82) is 0 Å². The number of hydrogen-bond donors (Lipinski definition) is 1. The SMILES string of the molecule is CN(C)C(=O)N1CCN(c2nc(CCc3ccccc3)nc3c2CCNC3=O)CC1. The van der Waals surface area contributed by atoms with Gasteiger partial charge in [-0.15, -0.1) is 0 Å². The Morgan fingerprint density at radius 1 is 1.07 bits per heavy atom. The van der Waals surface area contributed by atoms with E-state index in [2.05, 4.69) is 27.3 Å². The van der Waals surface area contributed by atoms with Gasteiger partial charge in [0.1, 0.15) is 17.3 Å². The second-order valence-corrected chi connectivity index (χ2v) is 7.93. The molecule has 2 aliphatic heterocycles. The summed E-state index contributed by atoms with van der Waals surface area (Å²) in [5.74, 6) is 1.42. The second kappa shape index (κ2) is 8.69. The molecule has 0 aliphatic carbocycles. The maximum atomic E-state index is 12.5. The van der Waals surface area contributed by atoms with Crippen LogP contribution < -0.4 is 10.2 Å². The molecule has 3 amide bonds. The predicted octanol–water partition coefficient (Wildman–Crippen LogP) is 1.35. The van der Waals surface area contributed by atoms with Gasteiger partial charge in [0.05, 0.1) is 0 Å². The lowest BCUT2D eigenvalue weighted by Crippen LogP contribution is -2.52. The van der Waals surface area contributed by atoms with Gasteiger partial charge in [-0.3, -0.25) is 4.79 Å². The molecule has 1 aromatic carbocycles. The van der Waals surface area contributed by atoms with Crippen molar-refractivity contribution in [1.82, 2.24) is 25.1 Å². The number of carbonyl (C=O) groups excluding carboxylic acids is 2. The van der Waals surface area contributed by atoms with Crippen LogP contribution in [0.2, 0.25) is 0 Å². The summed E-state index contributed by atoms with van der Waals surface area (Å²) >= 11 is 0. The van der Waals surface area contributed by atoms with Gasteiger partial charge < -0.3 is 20.0 Å². The molecule has 1 N–H and O–H groups in total. The Morgan fingerprint density at radius 3 is 2.50 bits per heavy atom. The number of carbonyl (C=O) groups is 2. The quantitative estimate of drug-likeness (QED) is 0.826. The molecule has 0 saturated carbocycles. The van der Waals surface area contributed by atoms with E-state index in [1.807, 2.05) is 23.1 Å². The maximum absolute atomic E-state index is 12.5.